The number of rotatable bonds is 4. The number of hydrogen-bond acceptors (Lipinski definition) is 2. The summed E-state index contributed by atoms with van der Waals surface area (Å²) >= 11 is 0. The average Bonchev–Trinajstić information content (AvgIpc) is 2.58. The number of aliphatic hydroxyl groups excluding tert-OH is 1. The number of benzene rings is 2. The Morgan fingerprint density at radius 1 is 0.955 bits per heavy atom. The van der Waals surface area contributed by atoms with Crippen molar-refractivity contribution < 1.29 is 5.11 Å². The molecule has 0 unspecified atom stereocenters. The Bertz CT molecular complexity index is 569. The molecule has 1 saturated heterocycles. The van der Waals surface area contributed by atoms with E-state index in [1.165, 1.54) is 11.1 Å². The highest BCUT2D eigenvalue weighted by Gasteiger charge is 2.37. The summed E-state index contributed by atoms with van der Waals surface area (Å²) in [6, 6.07) is 21.4. The molecule has 1 aliphatic heterocycles. The van der Waals surface area contributed by atoms with E-state index in [0.29, 0.717) is 0 Å². The molecule has 1 fully saturated rings. The van der Waals surface area contributed by atoms with Crippen LogP contribution in [0.3, 0.4) is 0 Å². The Kier molecular flexibility index (Phi) is 4.91. The van der Waals surface area contributed by atoms with Gasteiger partial charge in [-0.1, -0.05) is 74.0 Å². The fraction of sp³-hybridized carbons (Fsp3) is 0.400. The van der Waals surface area contributed by atoms with Gasteiger partial charge in [-0.05, 0) is 24.0 Å². The number of piperidine rings is 1. The van der Waals surface area contributed by atoms with Crippen molar-refractivity contribution in [2.24, 2.45) is 5.92 Å². The molecule has 2 N–H and O–H groups in total. The van der Waals surface area contributed by atoms with Gasteiger partial charge in [0.05, 0.1) is 6.10 Å². The third-order valence-corrected chi connectivity index (χ3v) is 4.76. The predicted octanol–water partition coefficient (Wildman–Crippen LogP) is 4.24. The molecule has 0 aliphatic carbocycles. The van der Waals surface area contributed by atoms with Crippen LogP contribution >= 0.6 is 0 Å². The molecule has 0 radical (unpaired) electrons. The van der Waals surface area contributed by atoms with E-state index in [1.807, 2.05) is 12.1 Å². The SMILES string of the molecule is CCC[C@@H]1[C@@H](c2ccccc2)N[C@@H](c2ccccc2)C[C@@H]1O. The second kappa shape index (κ2) is 7.08. The number of hydrogen-bond donors (Lipinski definition) is 2. The first-order valence-electron chi connectivity index (χ1n) is 8.33. The van der Waals surface area contributed by atoms with Gasteiger partial charge in [-0.15, -0.1) is 0 Å². The lowest BCUT2D eigenvalue weighted by Gasteiger charge is -2.41. The zero-order valence-corrected chi connectivity index (χ0v) is 13.2. The summed E-state index contributed by atoms with van der Waals surface area (Å²) in [4.78, 5) is 0. The number of aliphatic hydroxyl groups is 1. The van der Waals surface area contributed by atoms with Gasteiger partial charge >= 0.3 is 0 Å². The average molecular weight is 295 g/mol. The molecule has 2 nitrogen and oxygen atoms in total. The Balaban J connectivity index is 1.88. The molecule has 1 aliphatic rings. The summed E-state index contributed by atoms with van der Waals surface area (Å²) in [5.74, 6) is 0.285. The smallest absolute Gasteiger partial charge is 0.0604 e. The Morgan fingerprint density at radius 2 is 1.55 bits per heavy atom. The first kappa shape index (κ1) is 15.3. The highest BCUT2D eigenvalue weighted by Crippen LogP contribution is 2.39. The molecule has 0 spiro atoms. The second-order valence-corrected chi connectivity index (χ2v) is 6.27. The van der Waals surface area contributed by atoms with Crippen molar-refractivity contribution in [2.45, 2.75) is 44.4 Å². The van der Waals surface area contributed by atoms with E-state index in [1.54, 1.807) is 0 Å². The molecule has 1 heterocycles. The van der Waals surface area contributed by atoms with Crippen LogP contribution < -0.4 is 5.32 Å². The van der Waals surface area contributed by atoms with Crippen molar-refractivity contribution in [2.75, 3.05) is 0 Å². The number of nitrogens with one attached hydrogen (secondary N) is 1. The fourth-order valence-electron chi connectivity index (χ4n) is 3.66. The lowest BCUT2D eigenvalue weighted by molar-refractivity contribution is 0.0262. The topological polar surface area (TPSA) is 32.3 Å². The summed E-state index contributed by atoms with van der Waals surface area (Å²) in [6.07, 6.45) is 2.69. The van der Waals surface area contributed by atoms with E-state index in [4.69, 9.17) is 0 Å². The summed E-state index contributed by atoms with van der Waals surface area (Å²) in [7, 11) is 0. The van der Waals surface area contributed by atoms with Crippen molar-refractivity contribution in [3.05, 3.63) is 71.8 Å². The summed E-state index contributed by atoms with van der Waals surface area (Å²) in [6.45, 7) is 2.19. The summed E-state index contributed by atoms with van der Waals surface area (Å²) in [5, 5.41) is 14.5. The molecule has 2 heteroatoms. The van der Waals surface area contributed by atoms with E-state index >= 15 is 0 Å². The summed E-state index contributed by atoms with van der Waals surface area (Å²) in [5.41, 5.74) is 2.54. The quantitative estimate of drug-likeness (QED) is 0.884. The van der Waals surface area contributed by atoms with Crippen LogP contribution in [0.25, 0.3) is 0 Å². The van der Waals surface area contributed by atoms with Crippen molar-refractivity contribution >= 4 is 0 Å². The summed E-state index contributed by atoms with van der Waals surface area (Å²) < 4.78 is 0. The van der Waals surface area contributed by atoms with E-state index in [-0.39, 0.29) is 24.1 Å². The third-order valence-electron chi connectivity index (χ3n) is 4.76. The first-order chi connectivity index (χ1) is 10.8. The highest BCUT2D eigenvalue weighted by molar-refractivity contribution is 5.25. The standard InChI is InChI=1S/C20H25NO/c1-2-9-17-19(22)14-18(15-10-5-3-6-11-15)21-20(17)16-12-7-4-8-13-16/h3-8,10-13,17-22H,2,9,14H2,1H3/t17-,18+,19-,20+/m0/s1. The van der Waals surface area contributed by atoms with Crippen molar-refractivity contribution in [1.82, 2.24) is 5.32 Å². The maximum absolute atomic E-state index is 10.7. The zero-order valence-electron chi connectivity index (χ0n) is 13.2. The molecule has 22 heavy (non-hydrogen) atoms. The van der Waals surface area contributed by atoms with Gasteiger partial charge in [-0.3, -0.25) is 0 Å². The van der Waals surface area contributed by atoms with E-state index in [9.17, 15) is 5.11 Å². The molecule has 0 bridgehead atoms. The molecule has 116 valence electrons. The van der Waals surface area contributed by atoms with Crippen LogP contribution in [0.1, 0.15) is 49.4 Å². The Labute approximate surface area is 133 Å². The maximum Gasteiger partial charge on any atom is 0.0604 e. The van der Waals surface area contributed by atoms with Crippen molar-refractivity contribution in [1.29, 1.82) is 0 Å². The fourth-order valence-corrected chi connectivity index (χ4v) is 3.66. The molecule has 0 saturated carbocycles. The molecule has 0 amide bonds. The monoisotopic (exact) mass is 295 g/mol. The normalized spacial score (nSPS) is 28.5. The van der Waals surface area contributed by atoms with Gasteiger partial charge in [0, 0.05) is 18.0 Å². The van der Waals surface area contributed by atoms with Gasteiger partial charge in [0.2, 0.25) is 0 Å². The maximum atomic E-state index is 10.7. The Hall–Kier alpha value is -1.64. The van der Waals surface area contributed by atoms with Crippen LogP contribution in [-0.4, -0.2) is 11.2 Å². The second-order valence-electron chi connectivity index (χ2n) is 6.27. The lowest BCUT2D eigenvalue weighted by Crippen LogP contribution is -2.44. The van der Waals surface area contributed by atoms with Crippen LogP contribution in [0, 0.1) is 5.92 Å². The van der Waals surface area contributed by atoms with Gasteiger partial charge < -0.3 is 10.4 Å². The minimum atomic E-state index is -0.253. The highest BCUT2D eigenvalue weighted by atomic mass is 16.3. The zero-order chi connectivity index (χ0) is 15.4. The van der Waals surface area contributed by atoms with Crippen LogP contribution in [0.4, 0.5) is 0 Å². The molecule has 3 rings (SSSR count). The van der Waals surface area contributed by atoms with Crippen molar-refractivity contribution in [3.8, 4) is 0 Å². The minimum absolute atomic E-state index is 0.217. The van der Waals surface area contributed by atoms with Gasteiger partial charge in [0.1, 0.15) is 0 Å². The Morgan fingerprint density at radius 3 is 2.14 bits per heavy atom. The molecule has 2 aromatic carbocycles. The molecular formula is C20H25NO. The molecule has 0 aromatic heterocycles. The van der Waals surface area contributed by atoms with Crippen LogP contribution in [0.2, 0.25) is 0 Å². The first-order valence-corrected chi connectivity index (χ1v) is 8.33. The van der Waals surface area contributed by atoms with Gasteiger partial charge in [-0.2, -0.15) is 0 Å². The van der Waals surface area contributed by atoms with Crippen molar-refractivity contribution in [3.63, 3.8) is 0 Å². The largest absolute Gasteiger partial charge is 0.393 e. The lowest BCUT2D eigenvalue weighted by atomic mass is 9.78. The van der Waals surface area contributed by atoms with Gasteiger partial charge in [-0.25, -0.2) is 0 Å². The van der Waals surface area contributed by atoms with Gasteiger partial charge in [0.15, 0.2) is 0 Å². The predicted molar refractivity (Wildman–Crippen MR) is 90.5 cm³/mol. The minimum Gasteiger partial charge on any atom is -0.393 e. The van der Waals surface area contributed by atoms with E-state index in [0.717, 1.165) is 19.3 Å². The van der Waals surface area contributed by atoms with E-state index < -0.39 is 0 Å². The van der Waals surface area contributed by atoms with Crippen LogP contribution in [0.5, 0.6) is 0 Å². The van der Waals surface area contributed by atoms with Gasteiger partial charge in [0.25, 0.3) is 0 Å². The molecular weight excluding hydrogens is 270 g/mol. The molecule has 2 aromatic rings. The van der Waals surface area contributed by atoms with E-state index in [2.05, 4.69) is 60.8 Å². The van der Waals surface area contributed by atoms with Crippen LogP contribution in [0.15, 0.2) is 60.7 Å². The van der Waals surface area contributed by atoms with Crippen LogP contribution in [-0.2, 0) is 0 Å². The molecule has 4 atom stereocenters. The third kappa shape index (κ3) is 3.23.